The Balaban J connectivity index is 1.56. The monoisotopic (exact) mass is 363 g/mol. The molecule has 1 aliphatic rings. The Hall–Kier alpha value is -2.25. The van der Waals surface area contributed by atoms with Gasteiger partial charge in [0.2, 0.25) is 5.91 Å². The van der Waals surface area contributed by atoms with Crippen LogP contribution in [-0.2, 0) is 4.79 Å². The minimum absolute atomic E-state index is 0.0108. The number of amides is 1. The minimum atomic E-state index is -0.512. The van der Waals surface area contributed by atoms with Crippen molar-refractivity contribution in [2.24, 2.45) is 0 Å². The van der Waals surface area contributed by atoms with E-state index in [9.17, 15) is 9.18 Å². The largest absolute Gasteiger partial charge is 0.333 e. The van der Waals surface area contributed by atoms with Crippen molar-refractivity contribution in [2.75, 3.05) is 11.4 Å². The summed E-state index contributed by atoms with van der Waals surface area (Å²) in [5, 5.41) is 5.92. The standard InChI is InChI=1S/C16H11ClFN3O2S/c17-11-7-10(3-4-12(11)18)21-8-9(6-14(21)22)15-19-16(23-20-15)13-2-1-5-24-13/h1-5,7,9H,6,8H2. The summed E-state index contributed by atoms with van der Waals surface area (Å²) >= 11 is 7.31. The molecule has 3 aromatic rings. The molecule has 8 heteroatoms. The van der Waals surface area contributed by atoms with E-state index in [1.807, 2.05) is 17.5 Å². The van der Waals surface area contributed by atoms with Gasteiger partial charge in [0.1, 0.15) is 5.82 Å². The number of aromatic nitrogens is 2. The number of carbonyl (C=O) groups is 1. The van der Waals surface area contributed by atoms with E-state index in [0.717, 1.165) is 4.88 Å². The molecule has 1 aliphatic heterocycles. The van der Waals surface area contributed by atoms with Crippen molar-refractivity contribution >= 4 is 34.5 Å². The number of hydrogen-bond acceptors (Lipinski definition) is 5. The van der Waals surface area contributed by atoms with E-state index in [2.05, 4.69) is 10.1 Å². The molecule has 24 heavy (non-hydrogen) atoms. The minimum Gasteiger partial charge on any atom is -0.333 e. The fourth-order valence-electron chi connectivity index (χ4n) is 2.68. The van der Waals surface area contributed by atoms with Crippen LogP contribution in [0.4, 0.5) is 10.1 Å². The van der Waals surface area contributed by atoms with Crippen LogP contribution in [0.5, 0.6) is 0 Å². The third-order valence-electron chi connectivity index (χ3n) is 3.88. The van der Waals surface area contributed by atoms with Gasteiger partial charge in [-0.2, -0.15) is 4.98 Å². The summed E-state index contributed by atoms with van der Waals surface area (Å²) in [4.78, 5) is 19.1. The Morgan fingerprint density at radius 1 is 1.38 bits per heavy atom. The Morgan fingerprint density at radius 3 is 3.00 bits per heavy atom. The van der Waals surface area contributed by atoms with Crippen molar-refractivity contribution in [3.63, 3.8) is 0 Å². The van der Waals surface area contributed by atoms with Crippen molar-refractivity contribution < 1.29 is 13.7 Å². The lowest BCUT2D eigenvalue weighted by atomic mass is 10.1. The summed E-state index contributed by atoms with van der Waals surface area (Å²) in [7, 11) is 0. The predicted molar refractivity (Wildman–Crippen MR) is 88.7 cm³/mol. The van der Waals surface area contributed by atoms with Gasteiger partial charge in [-0.05, 0) is 29.6 Å². The molecule has 5 nitrogen and oxygen atoms in total. The third kappa shape index (κ3) is 2.70. The maximum Gasteiger partial charge on any atom is 0.267 e. The number of benzene rings is 1. The van der Waals surface area contributed by atoms with E-state index in [4.69, 9.17) is 16.1 Å². The average molecular weight is 364 g/mol. The molecule has 1 atom stereocenters. The highest BCUT2D eigenvalue weighted by molar-refractivity contribution is 7.13. The number of anilines is 1. The molecule has 2 aromatic heterocycles. The Bertz CT molecular complexity index is 897. The molecule has 0 aliphatic carbocycles. The Morgan fingerprint density at radius 2 is 2.25 bits per heavy atom. The number of halogens is 2. The van der Waals surface area contributed by atoms with E-state index in [1.54, 1.807) is 4.90 Å². The third-order valence-corrected chi connectivity index (χ3v) is 5.03. The zero-order chi connectivity index (χ0) is 16.7. The summed E-state index contributed by atoms with van der Waals surface area (Å²) in [6.07, 6.45) is 0.276. The summed E-state index contributed by atoms with van der Waals surface area (Å²) in [6.45, 7) is 0.407. The van der Waals surface area contributed by atoms with Gasteiger partial charge in [0.15, 0.2) is 5.82 Å². The number of thiophene rings is 1. The maximum atomic E-state index is 13.3. The quantitative estimate of drug-likeness (QED) is 0.702. The van der Waals surface area contributed by atoms with E-state index in [0.29, 0.717) is 23.9 Å². The van der Waals surface area contributed by atoms with Crippen molar-refractivity contribution in [1.82, 2.24) is 10.1 Å². The van der Waals surface area contributed by atoms with Gasteiger partial charge in [-0.25, -0.2) is 4.39 Å². The molecule has 1 unspecified atom stereocenters. The number of rotatable bonds is 3. The predicted octanol–water partition coefficient (Wildman–Crippen LogP) is 4.11. The molecule has 0 bridgehead atoms. The van der Waals surface area contributed by atoms with Gasteiger partial charge in [-0.1, -0.05) is 22.8 Å². The molecular formula is C16H11ClFN3O2S. The number of nitrogens with zero attached hydrogens (tertiary/aromatic N) is 3. The van der Waals surface area contributed by atoms with Gasteiger partial charge in [0.05, 0.1) is 9.90 Å². The molecule has 1 aromatic carbocycles. The molecule has 0 radical (unpaired) electrons. The molecule has 4 rings (SSSR count). The SMILES string of the molecule is O=C1CC(c2noc(-c3cccs3)n2)CN1c1ccc(F)c(Cl)c1. The van der Waals surface area contributed by atoms with Crippen molar-refractivity contribution in [1.29, 1.82) is 0 Å². The molecule has 0 spiro atoms. The highest BCUT2D eigenvalue weighted by Gasteiger charge is 2.35. The normalized spacial score (nSPS) is 17.7. The summed E-state index contributed by atoms with van der Waals surface area (Å²) < 4.78 is 18.6. The van der Waals surface area contributed by atoms with Crippen LogP contribution in [-0.4, -0.2) is 22.6 Å². The first-order valence-electron chi connectivity index (χ1n) is 7.24. The zero-order valence-electron chi connectivity index (χ0n) is 12.3. The molecule has 1 saturated heterocycles. The topological polar surface area (TPSA) is 59.2 Å². The van der Waals surface area contributed by atoms with Gasteiger partial charge >= 0.3 is 0 Å². The smallest absolute Gasteiger partial charge is 0.267 e. The molecule has 122 valence electrons. The summed E-state index contributed by atoms with van der Waals surface area (Å²) in [5.74, 6) is 0.199. The first kappa shape index (κ1) is 15.3. The van der Waals surface area contributed by atoms with Crippen LogP contribution in [0.2, 0.25) is 5.02 Å². The van der Waals surface area contributed by atoms with Gasteiger partial charge in [0, 0.05) is 24.6 Å². The molecule has 0 N–H and O–H groups in total. The molecule has 0 saturated carbocycles. The second-order valence-electron chi connectivity index (χ2n) is 5.44. The van der Waals surface area contributed by atoms with Crippen molar-refractivity contribution in [3.8, 4) is 10.8 Å². The van der Waals surface area contributed by atoms with Crippen LogP contribution in [0.1, 0.15) is 18.2 Å². The molecule has 1 amide bonds. The van der Waals surface area contributed by atoms with Gasteiger partial charge in [-0.15, -0.1) is 11.3 Å². The highest BCUT2D eigenvalue weighted by atomic mass is 35.5. The Labute approximate surface area is 145 Å². The highest BCUT2D eigenvalue weighted by Crippen LogP contribution is 2.33. The van der Waals surface area contributed by atoms with Crippen molar-refractivity contribution in [2.45, 2.75) is 12.3 Å². The summed E-state index contributed by atoms with van der Waals surface area (Å²) in [5.41, 5.74) is 0.566. The average Bonchev–Trinajstić information content (AvgIpc) is 3.28. The Kier molecular flexibility index (Phi) is 3.82. The maximum absolute atomic E-state index is 13.3. The lowest BCUT2D eigenvalue weighted by molar-refractivity contribution is -0.117. The van der Waals surface area contributed by atoms with E-state index < -0.39 is 5.82 Å². The van der Waals surface area contributed by atoms with Gasteiger partial charge in [-0.3, -0.25) is 4.79 Å². The number of hydrogen-bond donors (Lipinski definition) is 0. The van der Waals surface area contributed by atoms with E-state index in [-0.39, 0.29) is 23.3 Å². The van der Waals surface area contributed by atoms with Crippen LogP contribution in [0.25, 0.3) is 10.8 Å². The van der Waals surface area contributed by atoms with Crippen LogP contribution in [0.3, 0.4) is 0 Å². The lowest BCUT2D eigenvalue weighted by Gasteiger charge is -2.16. The lowest BCUT2D eigenvalue weighted by Crippen LogP contribution is -2.24. The van der Waals surface area contributed by atoms with Gasteiger partial charge < -0.3 is 9.42 Å². The second kappa shape index (κ2) is 5.99. The van der Waals surface area contributed by atoms with Gasteiger partial charge in [0.25, 0.3) is 5.89 Å². The van der Waals surface area contributed by atoms with E-state index >= 15 is 0 Å². The second-order valence-corrected chi connectivity index (χ2v) is 6.79. The van der Waals surface area contributed by atoms with Crippen LogP contribution in [0.15, 0.2) is 40.2 Å². The van der Waals surface area contributed by atoms with Crippen LogP contribution in [0, 0.1) is 5.82 Å². The van der Waals surface area contributed by atoms with Crippen LogP contribution < -0.4 is 4.90 Å². The molecule has 1 fully saturated rings. The fraction of sp³-hybridized carbons (Fsp3) is 0.188. The van der Waals surface area contributed by atoms with E-state index in [1.165, 1.54) is 29.5 Å². The van der Waals surface area contributed by atoms with Crippen LogP contribution >= 0.6 is 22.9 Å². The summed E-state index contributed by atoms with van der Waals surface area (Å²) in [6, 6.07) is 8.04. The number of carbonyl (C=O) groups excluding carboxylic acids is 1. The van der Waals surface area contributed by atoms with Crippen molar-refractivity contribution in [3.05, 3.63) is 52.4 Å². The first-order chi connectivity index (χ1) is 11.6. The molecular weight excluding hydrogens is 353 g/mol. The first-order valence-corrected chi connectivity index (χ1v) is 8.50. The molecule has 3 heterocycles. The zero-order valence-corrected chi connectivity index (χ0v) is 13.9. The fourth-order valence-corrected chi connectivity index (χ4v) is 3.50.